The van der Waals surface area contributed by atoms with Gasteiger partial charge in [0.2, 0.25) is 0 Å². The van der Waals surface area contributed by atoms with Gasteiger partial charge in [-0.05, 0) is 44.4 Å². The Balaban J connectivity index is 1.56. The normalized spacial score (nSPS) is 14.8. The average Bonchev–Trinajstić information content (AvgIpc) is 3.10. The van der Waals surface area contributed by atoms with E-state index in [1.54, 1.807) is 0 Å². The fourth-order valence-corrected chi connectivity index (χ4v) is 2.75. The molecule has 0 bridgehead atoms. The van der Waals surface area contributed by atoms with Crippen LogP contribution in [0.15, 0.2) is 53.8 Å². The summed E-state index contributed by atoms with van der Waals surface area (Å²) in [6, 6.07) is 12.3. The molecule has 5 nitrogen and oxygen atoms in total. The molecule has 0 atom stereocenters. The smallest absolute Gasteiger partial charge is 0.191 e. The first-order chi connectivity index (χ1) is 12.3. The maximum absolute atomic E-state index is 6.09. The van der Waals surface area contributed by atoms with Crippen LogP contribution >= 0.6 is 0 Å². The third kappa shape index (κ3) is 5.28. The van der Waals surface area contributed by atoms with Crippen molar-refractivity contribution in [2.45, 2.75) is 45.4 Å². The van der Waals surface area contributed by atoms with Gasteiger partial charge in [0, 0.05) is 37.6 Å². The second kappa shape index (κ2) is 9.16. The lowest BCUT2D eigenvalue weighted by Crippen LogP contribution is -2.38. The molecule has 5 heteroatoms. The molecular weight excluding hydrogens is 312 g/mol. The summed E-state index contributed by atoms with van der Waals surface area (Å²) in [6.07, 6.45) is 8.14. The highest BCUT2D eigenvalue weighted by Gasteiger charge is 2.20. The van der Waals surface area contributed by atoms with Gasteiger partial charge in [0.1, 0.15) is 5.75 Å². The molecule has 0 amide bonds. The molecule has 0 unspecified atom stereocenters. The van der Waals surface area contributed by atoms with Gasteiger partial charge in [0.15, 0.2) is 5.96 Å². The third-order valence-electron chi connectivity index (χ3n) is 4.40. The molecule has 1 aliphatic carbocycles. The summed E-state index contributed by atoms with van der Waals surface area (Å²) in [5, 5.41) is 6.69. The maximum Gasteiger partial charge on any atom is 0.191 e. The lowest BCUT2D eigenvalue weighted by Gasteiger charge is -2.27. The average molecular weight is 340 g/mol. The minimum Gasteiger partial charge on any atom is -0.490 e. The predicted octanol–water partition coefficient (Wildman–Crippen LogP) is 3.17. The number of aliphatic imine (C=N–C) groups is 1. The molecule has 25 heavy (non-hydrogen) atoms. The molecule has 1 aromatic heterocycles. The number of hydrogen-bond acceptors (Lipinski definition) is 2. The number of hydrogen-bond donors (Lipinski definition) is 2. The lowest BCUT2D eigenvalue weighted by molar-refractivity contribution is 0.119. The number of guanidine groups is 1. The fourth-order valence-electron chi connectivity index (χ4n) is 2.75. The Morgan fingerprint density at radius 3 is 2.68 bits per heavy atom. The summed E-state index contributed by atoms with van der Waals surface area (Å²) >= 11 is 0. The van der Waals surface area contributed by atoms with Crippen LogP contribution in [0.25, 0.3) is 0 Å². The van der Waals surface area contributed by atoms with E-state index in [2.05, 4.69) is 46.7 Å². The number of nitrogens with zero attached hydrogens (tertiary/aromatic N) is 2. The molecule has 2 aromatic rings. The Bertz CT molecular complexity index is 662. The van der Waals surface area contributed by atoms with E-state index in [0.29, 0.717) is 12.6 Å². The Labute approximate surface area is 150 Å². The summed E-state index contributed by atoms with van der Waals surface area (Å²) in [5.41, 5.74) is 1.14. The van der Waals surface area contributed by atoms with Crippen molar-refractivity contribution in [3.8, 4) is 5.75 Å². The standard InChI is InChI=1S/C20H28N4O/c1-2-21-20(22-12-15-24-13-5-6-14-24)23-16-17-8-3-4-11-19(17)25-18-9-7-10-18/h3-6,8,11,13-14,18H,2,7,9-10,12,15-16H2,1H3,(H2,21,22,23). The highest BCUT2D eigenvalue weighted by molar-refractivity contribution is 5.79. The van der Waals surface area contributed by atoms with E-state index in [9.17, 15) is 0 Å². The van der Waals surface area contributed by atoms with Crippen LogP contribution in [0.4, 0.5) is 0 Å². The molecule has 1 heterocycles. The first-order valence-corrected chi connectivity index (χ1v) is 9.22. The zero-order valence-corrected chi connectivity index (χ0v) is 14.9. The molecule has 1 saturated carbocycles. The van der Waals surface area contributed by atoms with Gasteiger partial charge in [0.25, 0.3) is 0 Å². The summed E-state index contributed by atoms with van der Waals surface area (Å²) in [7, 11) is 0. The zero-order chi connectivity index (χ0) is 17.3. The van der Waals surface area contributed by atoms with Crippen molar-refractivity contribution in [3.63, 3.8) is 0 Å². The number of para-hydroxylation sites is 1. The number of benzene rings is 1. The summed E-state index contributed by atoms with van der Waals surface area (Å²) < 4.78 is 8.24. The van der Waals surface area contributed by atoms with Gasteiger partial charge in [-0.1, -0.05) is 18.2 Å². The van der Waals surface area contributed by atoms with Crippen LogP contribution in [-0.2, 0) is 13.1 Å². The molecule has 0 saturated heterocycles. The van der Waals surface area contributed by atoms with Crippen molar-refractivity contribution in [1.29, 1.82) is 0 Å². The number of nitrogens with one attached hydrogen (secondary N) is 2. The van der Waals surface area contributed by atoms with Crippen molar-refractivity contribution < 1.29 is 4.74 Å². The van der Waals surface area contributed by atoms with E-state index in [4.69, 9.17) is 9.73 Å². The Kier molecular flexibility index (Phi) is 6.37. The van der Waals surface area contributed by atoms with Gasteiger partial charge >= 0.3 is 0 Å². The minimum atomic E-state index is 0.387. The van der Waals surface area contributed by atoms with Crippen LogP contribution in [0, 0.1) is 0 Å². The summed E-state index contributed by atoms with van der Waals surface area (Å²) in [5.74, 6) is 1.81. The minimum absolute atomic E-state index is 0.387. The first kappa shape index (κ1) is 17.4. The van der Waals surface area contributed by atoms with Crippen molar-refractivity contribution >= 4 is 5.96 Å². The maximum atomic E-state index is 6.09. The molecule has 134 valence electrons. The third-order valence-corrected chi connectivity index (χ3v) is 4.40. The zero-order valence-electron chi connectivity index (χ0n) is 14.9. The van der Waals surface area contributed by atoms with Gasteiger partial charge in [0.05, 0.1) is 12.6 Å². The SMILES string of the molecule is CCNC(=NCc1ccccc1OC1CCC1)NCCn1cccc1. The van der Waals surface area contributed by atoms with Gasteiger partial charge in [-0.2, -0.15) is 0 Å². The fraction of sp³-hybridized carbons (Fsp3) is 0.450. The summed E-state index contributed by atoms with van der Waals surface area (Å²) in [4.78, 5) is 4.72. The quantitative estimate of drug-likeness (QED) is 0.573. The second-order valence-electron chi connectivity index (χ2n) is 6.32. The lowest BCUT2D eigenvalue weighted by atomic mass is 9.96. The van der Waals surface area contributed by atoms with E-state index in [-0.39, 0.29) is 0 Å². The highest BCUT2D eigenvalue weighted by atomic mass is 16.5. The molecular formula is C20H28N4O. The van der Waals surface area contributed by atoms with E-state index < -0.39 is 0 Å². The number of aromatic nitrogens is 1. The molecule has 3 rings (SSSR count). The number of rotatable bonds is 8. The van der Waals surface area contributed by atoms with Gasteiger partial charge in [-0.25, -0.2) is 4.99 Å². The first-order valence-electron chi connectivity index (χ1n) is 9.22. The predicted molar refractivity (Wildman–Crippen MR) is 102 cm³/mol. The van der Waals surface area contributed by atoms with Gasteiger partial charge < -0.3 is 19.9 Å². The highest BCUT2D eigenvalue weighted by Crippen LogP contribution is 2.27. The Hall–Kier alpha value is -2.43. The number of ether oxygens (including phenoxy) is 1. The summed E-state index contributed by atoms with van der Waals surface area (Å²) in [6.45, 7) is 5.29. The molecule has 1 fully saturated rings. The molecule has 0 aliphatic heterocycles. The van der Waals surface area contributed by atoms with E-state index in [1.165, 1.54) is 19.3 Å². The van der Waals surface area contributed by atoms with E-state index in [1.807, 2.05) is 24.3 Å². The Morgan fingerprint density at radius 2 is 1.96 bits per heavy atom. The monoisotopic (exact) mass is 340 g/mol. The second-order valence-corrected chi connectivity index (χ2v) is 6.32. The topological polar surface area (TPSA) is 50.6 Å². The van der Waals surface area contributed by atoms with Crippen molar-refractivity contribution in [3.05, 3.63) is 54.4 Å². The van der Waals surface area contributed by atoms with Gasteiger partial charge in [-0.15, -0.1) is 0 Å². The largest absolute Gasteiger partial charge is 0.490 e. The van der Waals surface area contributed by atoms with Crippen LogP contribution in [-0.4, -0.2) is 29.7 Å². The van der Waals surface area contributed by atoms with E-state index >= 15 is 0 Å². The van der Waals surface area contributed by atoms with Crippen molar-refractivity contribution in [2.75, 3.05) is 13.1 Å². The molecule has 0 spiro atoms. The van der Waals surface area contributed by atoms with Crippen LogP contribution in [0.2, 0.25) is 0 Å². The molecule has 2 N–H and O–H groups in total. The van der Waals surface area contributed by atoms with Crippen molar-refractivity contribution in [1.82, 2.24) is 15.2 Å². The Morgan fingerprint density at radius 1 is 1.16 bits per heavy atom. The molecule has 1 aromatic carbocycles. The van der Waals surface area contributed by atoms with Gasteiger partial charge in [-0.3, -0.25) is 0 Å². The van der Waals surface area contributed by atoms with Crippen LogP contribution in [0.3, 0.4) is 0 Å². The van der Waals surface area contributed by atoms with Crippen LogP contribution < -0.4 is 15.4 Å². The van der Waals surface area contributed by atoms with E-state index in [0.717, 1.165) is 36.9 Å². The molecule has 0 radical (unpaired) electrons. The van der Waals surface area contributed by atoms with Crippen LogP contribution in [0.5, 0.6) is 5.75 Å². The van der Waals surface area contributed by atoms with Crippen molar-refractivity contribution in [2.24, 2.45) is 4.99 Å². The van der Waals surface area contributed by atoms with Crippen LogP contribution in [0.1, 0.15) is 31.7 Å². The molecule has 1 aliphatic rings.